The Morgan fingerprint density at radius 2 is 1.90 bits per heavy atom. The van der Waals surface area contributed by atoms with Gasteiger partial charge < -0.3 is 10.4 Å². The van der Waals surface area contributed by atoms with Crippen molar-refractivity contribution in [3.05, 3.63) is 35.9 Å². The van der Waals surface area contributed by atoms with Crippen LogP contribution in [0.2, 0.25) is 0 Å². The number of rotatable bonds is 8. The van der Waals surface area contributed by atoms with Crippen LogP contribution in [0.4, 0.5) is 0 Å². The number of benzene rings is 1. The number of carboxylic acid groups (broad SMARTS) is 1. The second-order valence-electron chi connectivity index (χ2n) is 5.56. The Hall–Kier alpha value is -1.69. The molecule has 1 aliphatic rings. The molecular formula is C15H19NO4S. The first-order chi connectivity index (χ1) is 9.99. The Morgan fingerprint density at radius 3 is 2.48 bits per heavy atom. The summed E-state index contributed by atoms with van der Waals surface area (Å²) in [5, 5.41) is 11.5. The minimum atomic E-state index is -1.31. The third-order valence-corrected chi connectivity index (χ3v) is 5.09. The summed E-state index contributed by atoms with van der Waals surface area (Å²) in [6, 6.07) is 9.50. The van der Waals surface area contributed by atoms with E-state index >= 15 is 0 Å². The van der Waals surface area contributed by atoms with Crippen LogP contribution in [0.3, 0.4) is 0 Å². The molecule has 0 radical (unpaired) electrons. The SMILES string of the molecule is O=C(O)CC1(CS(=O)CC(=O)NCc2ccccc2)CC1. The molecule has 1 aromatic rings. The molecule has 0 spiro atoms. The lowest BCUT2D eigenvalue weighted by Gasteiger charge is -2.11. The standard InChI is InChI=1S/C15H19NO4S/c17-13(16-9-12-4-2-1-3-5-12)10-21(20)11-15(6-7-15)8-14(18)19/h1-5H,6-11H2,(H,16,17)(H,18,19). The molecule has 0 aliphatic heterocycles. The summed E-state index contributed by atoms with van der Waals surface area (Å²) in [7, 11) is -1.31. The highest BCUT2D eigenvalue weighted by Crippen LogP contribution is 2.49. The zero-order chi connectivity index (χ0) is 15.3. The molecule has 1 saturated carbocycles. The van der Waals surface area contributed by atoms with Gasteiger partial charge in [-0.2, -0.15) is 0 Å². The lowest BCUT2D eigenvalue weighted by Crippen LogP contribution is -2.30. The van der Waals surface area contributed by atoms with Gasteiger partial charge in [0.05, 0.1) is 6.42 Å². The molecule has 5 nitrogen and oxygen atoms in total. The van der Waals surface area contributed by atoms with Crippen LogP contribution in [0.25, 0.3) is 0 Å². The zero-order valence-electron chi connectivity index (χ0n) is 11.7. The van der Waals surface area contributed by atoms with Crippen molar-refractivity contribution in [2.24, 2.45) is 5.41 Å². The van der Waals surface area contributed by atoms with Crippen molar-refractivity contribution in [3.63, 3.8) is 0 Å². The zero-order valence-corrected chi connectivity index (χ0v) is 12.5. The van der Waals surface area contributed by atoms with E-state index in [4.69, 9.17) is 5.11 Å². The van der Waals surface area contributed by atoms with Gasteiger partial charge in [-0.25, -0.2) is 0 Å². The van der Waals surface area contributed by atoms with Crippen LogP contribution in [-0.4, -0.2) is 32.7 Å². The van der Waals surface area contributed by atoms with Gasteiger partial charge in [-0.1, -0.05) is 30.3 Å². The molecule has 6 heteroatoms. The Bertz CT molecular complexity index is 540. The first-order valence-electron chi connectivity index (χ1n) is 6.86. The largest absolute Gasteiger partial charge is 0.481 e. The van der Waals surface area contributed by atoms with Crippen LogP contribution in [0.5, 0.6) is 0 Å². The van der Waals surface area contributed by atoms with Gasteiger partial charge in [0.2, 0.25) is 5.91 Å². The normalized spacial score (nSPS) is 17.0. The van der Waals surface area contributed by atoms with E-state index in [-0.39, 0.29) is 23.5 Å². The number of carboxylic acids is 1. The Morgan fingerprint density at radius 1 is 1.24 bits per heavy atom. The maximum atomic E-state index is 12.0. The fourth-order valence-corrected chi connectivity index (χ4v) is 3.83. The monoisotopic (exact) mass is 309 g/mol. The van der Waals surface area contributed by atoms with Crippen LogP contribution in [0.1, 0.15) is 24.8 Å². The average Bonchev–Trinajstić information content (AvgIpc) is 3.15. The lowest BCUT2D eigenvalue weighted by atomic mass is 10.1. The van der Waals surface area contributed by atoms with E-state index in [2.05, 4.69) is 5.32 Å². The Labute approximate surface area is 126 Å². The van der Waals surface area contributed by atoms with Crippen molar-refractivity contribution < 1.29 is 18.9 Å². The highest BCUT2D eigenvalue weighted by Gasteiger charge is 2.45. The molecule has 1 aliphatic carbocycles. The van der Waals surface area contributed by atoms with Crippen LogP contribution >= 0.6 is 0 Å². The van der Waals surface area contributed by atoms with Gasteiger partial charge in [0.25, 0.3) is 0 Å². The fraction of sp³-hybridized carbons (Fsp3) is 0.467. The van der Waals surface area contributed by atoms with Crippen molar-refractivity contribution in [3.8, 4) is 0 Å². The first kappa shape index (κ1) is 15.7. The highest BCUT2D eigenvalue weighted by atomic mass is 32.2. The van der Waals surface area contributed by atoms with E-state index in [1.807, 2.05) is 30.3 Å². The van der Waals surface area contributed by atoms with Gasteiger partial charge in [-0.3, -0.25) is 13.8 Å². The van der Waals surface area contributed by atoms with Gasteiger partial charge in [0.1, 0.15) is 5.75 Å². The number of hydrogen-bond acceptors (Lipinski definition) is 3. The van der Waals surface area contributed by atoms with Crippen molar-refractivity contribution >= 4 is 22.7 Å². The molecule has 1 unspecified atom stereocenters. The summed E-state index contributed by atoms with van der Waals surface area (Å²) >= 11 is 0. The number of aliphatic carboxylic acids is 1. The summed E-state index contributed by atoms with van der Waals surface area (Å²) < 4.78 is 12.0. The minimum Gasteiger partial charge on any atom is -0.481 e. The van der Waals surface area contributed by atoms with Crippen LogP contribution < -0.4 is 5.32 Å². The molecule has 0 aromatic heterocycles. The molecule has 114 valence electrons. The van der Waals surface area contributed by atoms with Crippen LogP contribution in [0.15, 0.2) is 30.3 Å². The molecular weight excluding hydrogens is 290 g/mol. The fourth-order valence-electron chi connectivity index (χ4n) is 2.26. The predicted octanol–water partition coefficient (Wildman–Crippen LogP) is 1.31. The molecule has 1 amide bonds. The van der Waals surface area contributed by atoms with E-state index < -0.39 is 16.8 Å². The smallest absolute Gasteiger partial charge is 0.303 e. The molecule has 2 N–H and O–H groups in total. The van der Waals surface area contributed by atoms with E-state index in [0.29, 0.717) is 12.3 Å². The second-order valence-corrected chi connectivity index (χ2v) is 7.02. The number of carbonyl (C=O) groups is 2. The third-order valence-electron chi connectivity index (χ3n) is 3.58. The van der Waals surface area contributed by atoms with Gasteiger partial charge >= 0.3 is 5.97 Å². The first-order valence-corrected chi connectivity index (χ1v) is 8.35. The topological polar surface area (TPSA) is 83.5 Å². The molecule has 2 rings (SSSR count). The molecule has 0 bridgehead atoms. The number of carbonyl (C=O) groups excluding carboxylic acids is 1. The number of amides is 1. The van der Waals surface area contributed by atoms with E-state index in [0.717, 1.165) is 18.4 Å². The van der Waals surface area contributed by atoms with Gasteiger partial charge in [-0.15, -0.1) is 0 Å². The molecule has 1 fully saturated rings. The van der Waals surface area contributed by atoms with Gasteiger partial charge in [-0.05, 0) is 23.8 Å². The summed E-state index contributed by atoms with van der Waals surface area (Å²) in [5.74, 6) is -0.881. The maximum absolute atomic E-state index is 12.0. The summed E-state index contributed by atoms with van der Waals surface area (Å²) in [4.78, 5) is 22.5. The second kappa shape index (κ2) is 6.85. The highest BCUT2D eigenvalue weighted by molar-refractivity contribution is 7.85. The van der Waals surface area contributed by atoms with Crippen molar-refractivity contribution in [1.82, 2.24) is 5.32 Å². The van der Waals surface area contributed by atoms with Gasteiger partial charge in [0.15, 0.2) is 0 Å². The predicted molar refractivity (Wildman–Crippen MR) is 80.1 cm³/mol. The Kier molecular flexibility index (Phi) is 5.12. The summed E-state index contributed by atoms with van der Waals surface area (Å²) in [6.45, 7) is 0.414. The van der Waals surface area contributed by atoms with Crippen molar-refractivity contribution in [1.29, 1.82) is 0 Å². The number of hydrogen-bond donors (Lipinski definition) is 2. The summed E-state index contributed by atoms with van der Waals surface area (Å²) in [6.07, 6.45) is 1.62. The van der Waals surface area contributed by atoms with Gasteiger partial charge in [0, 0.05) is 23.1 Å². The van der Waals surface area contributed by atoms with E-state index in [1.165, 1.54) is 0 Å². The van der Waals surface area contributed by atoms with Crippen LogP contribution in [0, 0.1) is 5.41 Å². The molecule has 0 saturated heterocycles. The van der Waals surface area contributed by atoms with Crippen molar-refractivity contribution in [2.45, 2.75) is 25.8 Å². The van der Waals surface area contributed by atoms with Crippen LogP contribution in [-0.2, 0) is 26.9 Å². The minimum absolute atomic E-state index is 0.0460. The molecule has 1 aromatic carbocycles. The Balaban J connectivity index is 1.73. The third kappa shape index (κ3) is 5.30. The quantitative estimate of drug-likeness (QED) is 0.758. The van der Waals surface area contributed by atoms with E-state index in [1.54, 1.807) is 0 Å². The average molecular weight is 309 g/mol. The lowest BCUT2D eigenvalue weighted by molar-refractivity contribution is -0.138. The van der Waals surface area contributed by atoms with E-state index in [9.17, 15) is 13.8 Å². The number of nitrogens with one attached hydrogen (secondary N) is 1. The maximum Gasteiger partial charge on any atom is 0.303 e. The summed E-state index contributed by atoms with van der Waals surface area (Å²) in [5.41, 5.74) is 0.650. The molecule has 0 heterocycles. The molecule has 21 heavy (non-hydrogen) atoms. The van der Waals surface area contributed by atoms with Crippen molar-refractivity contribution in [2.75, 3.05) is 11.5 Å². The molecule has 1 atom stereocenters.